The summed E-state index contributed by atoms with van der Waals surface area (Å²) in [6.07, 6.45) is 0.249. The molecule has 1 amide bonds. The molecule has 1 aromatic heterocycles. The minimum absolute atomic E-state index is 0.0253. The molecule has 0 unspecified atom stereocenters. The zero-order chi connectivity index (χ0) is 28.1. The highest BCUT2D eigenvalue weighted by molar-refractivity contribution is 6.06. The Morgan fingerprint density at radius 1 is 1.00 bits per heavy atom. The smallest absolute Gasteiger partial charge is 0.490 e. The predicted molar refractivity (Wildman–Crippen MR) is 131 cm³/mol. The van der Waals surface area contributed by atoms with E-state index in [0.717, 1.165) is 11.3 Å². The number of carbonyl (C=O) groups excluding carboxylic acids is 1. The van der Waals surface area contributed by atoms with Crippen LogP contribution in [0.2, 0.25) is 0 Å². The Bertz CT molecular complexity index is 1280. The first-order valence-electron chi connectivity index (χ1n) is 10.8. The van der Waals surface area contributed by atoms with Gasteiger partial charge in [0, 0.05) is 24.4 Å². The van der Waals surface area contributed by atoms with Crippen molar-refractivity contribution in [2.24, 2.45) is 0 Å². The molecule has 0 aliphatic heterocycles. The fourth-order valence-corrected chi connectivity index (χ4v) is 2.85. The summed E-state index contributed by atoms with van der Waals surface area (Å²) in [5.74, 6) is -3.17. The fraction of sp³-hybridized carbons (Fsp3) is 0.154. The summed E-state index contributed by atoms with van der Waals surface area (Å²) in [6, 6.07) is 17.3. The quantitative estimate of drug-likeness (QED) is 0.338. The van der Waals surface area contributed by atoms with Crippen molar-refractivity contribution in [1.29, 1.82) is 0 Å². The van der Waals surface area contributed by atoms with Gasteiger partial charge in [0.1, 0.15) is 0 Å². The summed E-state index contributed by atoms with van der Waals surface area (Å²) in [5, 5.41) is 18.9. The molecule has 0 aliphatic rings. The van der Waals surface area contributed by atoms with Gasteiger partial charge in [-0.2, -0.15) is 13.2 Å². The molecule has 0 spiro atoms. The van der Waals surface area contributed by atoms with Crippen LogP contribution in [-0.2, 0) is 16.0 Å². The number of benzene rings is 2. The van der Waals surface area contributed by atoms with Gasteiger partial charge in [0.05, 0.1) is 25.0 Å². The van der Waals surface area contributed by atoms with Crippen LogP contribution in [0.3, 0.4) is 0 Å². The standard InChI is InChI=1S/C24H22N2O5.C2HF3O2/c1-30-21-11-9-17(16-22(21)31-15-13-18-6-4-5-14-25-18)10-12-23(27)26-20-8-3-2-7-19(20)24(28)29;3-2(4,5)1(6)7/h2-12,14,16H,13,15H2,1H3,(H,26,27)(H,28,29);(H,6,7)/b12-10+;. The monoisotopic (exact) mass is 532 g/mol. The summed E-state index contributed by atoms with van der Waals surface area (Å²) < 4.78 is 42.9. The van der Waals surface area contributed by atoms with E-state index < -0.39 is 24.0 Å². The van der Waals surface area contributed by atoms with E-state index in [1.54, 1.807) is 49.7 Å². The van der Waals surface area contributed by atoms with Gasteiger partial charge >= 0.3 is 18.1 Å². The third-order valence-corrected chi connectivity index (χ3v) is 4.61. The molecule has 3 rings (SSSR count). The number of pyridine rings is 1. The van der Waals surface area contributed by atoms with E-state index in [1.165, 1.54) is 18.2 Å². The zero-order valence-corrected chi connectivity index (χ0v) is 19.9. The lowest BCUT2D eigenvalue weighted by molar-refractivity contribution is -0.192. The first-order chi connectivity index (χ1) is 18.0. The van der Waals surface area contributed by atoms with Gasteiger partial charge < -0.3 is 25.0 Å². The van der Waals surface area contributed by atoms with Crippen LogP contribution < -0.4 is 14.8 Å². The maximum absolute atomic E-state index is 12.2. The highest BCUT2D eigenvalue weighted by Gasteiger charge is 2.38. The van der Waals surface area contributed by atoms with Crippen molar-refractivity contribution in [2.75, 3.05) is 19.0 Å². The topological polar surface area (TPSA) is 135 Å². The summed E-state index contributed by atoms with van der Waals surface area (Å²) in [6.45, 7) is 0.424. The molecule has 9 nitrogen and oxygen atoms in total. The molecule has 3 N–H and O–H groups in total. The van der Waals surface area contributed by atoms with Crippen LogP contribution in [0, 0.1) is 0 Å². The van der Waals surface area contributed by atoms with Crippen LogP contribution in [-0.4, -0.2) is 52.9 Å². The number of anilines is 1. The number of nitrogens with one attached hydrogen (secondary N) is 1. The van der Waals surface area contributed by atoms with Gasteiger partial charge in [0.25, 0.3) is 0 Å². The summed E-state index contributed by atoms with van der Waals surface area (Å²) >= 11 is 0. The van der Waals surface area contributed by atoms with Gasteiger partial charge in [-0.3, -0.25) is 9.78 Å². The molecule has 0 bridgehead atoms. The largest absolute Gasteiger partial charge is 0.493 e. The van der Waals surface area contributed by atoms with E-state index in [-0.39, 0.29) is 11.3 Å². The molecule has 0 aliphatic carbocycles. The second-order valence-electron chi connectivity index (χ2n) is 7.31. The lowest BCUT2D eigenvalue weighted by atomic mass is 10.1. The molecule has 0 saturated carbocycles. The van der Waals surface area contributed by atoms with Crippen molar-refractivity contribution >= 4 is 29.6 Å². The van der Waals surface area contributed by atoms with E-state index in [0.29, 0.717) is 24.5 Å². The number of methoxy groups -OCH3 is 1. The minimum atomic E-state index is -5.08. The van der Waals surface area contributed by atoms with Crippen molar-refractivity contribution in [1.82, 2.24) is 4.98 Å². The molecule has 1 heterocycles. The van der Waals surface area contributed by atoms with Crippen molar-refractivity contribution in [3.05, 3.63) is 89.8 Å². The number of aromatic carboxylic acids is 1. The SMILES string of the molecule is COc1ccc(/C=C/C(=O)Nc2ccccc2C(=O)O)cc1OCCc1ccccn1.O=C(O)C(F)(F)F. The van der Waals surface area contributed by atoms with Gasteiger partial charge in [-0.15, -0.1) is 0 Å². The highest BCUT2D eigenvalue weighted by atomic mass is 19.4. The van der Waals surface area contributed by atoms with E-state index in [4.69, 9.17) is 19.4 Å². The number of halogens is 3. The van der Waals surface area contributed by atoms with E-state index in [9.17, 15) is 27.9 Å². The Morgan fingerprint density at radius 2 is 1.68 bits per heavy atom. The van der Waals surface area contributed by atoms with Crippen molar-refractivity contribution in [2.45, 2.75) is 12.6 Å². The zero-order valence-electron chi connectivity index (χ0n) is 19.9. The summed E-state index contributed by atoms with van der Waals surface area (Å²) in [4.78, 5) is 36.7. The minimum Gasteiger partial charge on any atom is -0.493 e. The Labute approximate surface area is 215 Å². The molecule has 2 aromatic carbocycles. The first kappa shape index (κ1) is 29.4. The Hall–Kier alpha value is -4.87. The van der Waals surface area contributed by atoms with E-state index in [2.05, 4.69) is 10.3 Å². The van der Waals surface area contributed by atoms with Crippen LogP contribution in [0.4, 0.5) is 18.9 Å². The number of aromatic nitrogens is 1. The van der Waals surface area contributed by atoms with Crippen LogP contribution in [0.15, 0.2) is 72.9 Å². The average molecular weight is 532 g/mol. The number of carbonyl (C=O) groups is 3. The molecule has 0 fully saturated rings. The number of carboxylic acids is 2. The Morgan fingerprint density at radius 3 is 2.29 bits per heavy atom. The fourth-order valence-electron chi connectivity index (χ4n) is 2.85. The second kappa shape index (κ2) is 14.0. The normalized spacial score (nSPS) is 10.7. The van der Waals surface area contributed by atoms with Gasteiger partial charge in [-0.1, -0.05) is 24.3 Å². The molecule has 0 radical (unpaired) electrons. The van der Waals surface area contributed by atoms with Crippen molar-refractivity contribution in [3.63, 3.8) is 0 Å². The molecule has 200 valence electrons. The molecular weight excluding hydrogens is 509 g/mol. The highest BCUT2D eigenvalue weighted by Crippen LogP contribution is 2.28. The average Bonchev–Trinajstić information content (AvgIpc) is 2.88. The molecule has 3 aromatic rings. The predicted octanol–water partition coefficient (Wildman–Crippen LogP) is 4.70. The van der Waals surface area contributed by atoms with Crippen LogP contribution in [0.1, 0.15) is 21.6 Å². The summed E-state index contributed by atoms with van der Waals surface area (Å²) in [7, 11) is 1.56. The molecular formula is C26H23F3N2O7. The third-order valence-electron chi connectivity index (χ3n) is 4.61. The van der Waals surface area contributed by atoms with Gasteiger partial charge in [-0.05, 0) is 48.0 Å². The number of hydrogen-bond acceptors (Lipinski definition) is 6. The van der Waals surface area contributed by atoms with E-state index >= 15 is 0 Å². The van der Waals surface area contributed by atoms with Crippen molar-refractivity contribution in [3.8, 4) is 11.5 Å². The number of rotatable bonds is 9. The number of aliphatic carboxylic acids is 1. The molecule has 0 atom stereocenters. The maximum Gasteiger partial charge on any atom is 0.490 e. The van der Waals surface area contributed by atoms with Gasteiger partial charge in [0.2, 0.25) is 5.91 Å². The number of ether oxygens (including phenoxy) is 2. The Kier molecular flexibility index (Phi) is 10.8. The lowest BCUT2D eigenvalue weighted by Gasteiger charge is -2.11. The number of hydrogen-bond donors (Lipinski definition) is 3. The number of nitrogens with zero attached hydrogens (tertiary/aromatic N) is 1. The molecule has 12 heteroatoms. The van der Waals surface area contributed by atoms with E-state index in [1.807, 2.05) is 18.2 Å². The number of carboxylic acid groups (broad SMARTS) is 2. The van der Waals surface area contributed by atoms with Crippen LogP contribution >= 0.6 is 0 Å². The molecule has 0 saturated heterocycles. The third kappa shape index (κ3) is 9.64. The first-order valence-corrected chi connectivity index (χ1v) is 10.8. The van der Waals surface area contributed by atoms with Crippen LogP contribution in [0.25, 0.3) is 6.08 Å². The maximum atomic E-state index is 12.2. The van der Waals surface area contributed by atoms with Gasteiger partial charge in [0.15, 0.2) is 11.5 Å². The Balaban J connectivity index is 0.000000638. The second-order valence-corrected chi connectivity index (χ2v) is 7.31. The lowest BCUT2D eigenvalue weighted by Crippen LogP contribution is -2.21. The number of alkyl halides is 3. The van der Waals surface area contributed by atoms with Gasteiger partial charge in [-0.25, -0.2) is 9.59 Å². The number of amides is 1. The summed E-state index contributed by atoms with van der Waals surface area (Å²) in [5.41, 5.74) is 1.92. The number of para-hydroxylation sites is 1. The van der Waals surface area contributed by atoms with Crippen LogP contribution in [0.5, 0.6) is 11.5 Å². The van der Waals surface area contributed by atoms with Crippen molar-refractivity contribution < 1.29 is 47.2 Å². The molecule has 38 heavy (non-hydrogen) atoms.